The van der Waals surface area contributed by atoms with Crippen molar-refractivity contribution in [3.05, 3.63) is 17.5 Å². The van der Waals surface area contributed by atoms with E-state index in [1.54, 1.807) is 11.4 Å². The molecule has 0 bridgehead atoms. The van der Waals surface area contributed by atoms with Crippen LogP contribution in [0.4, 0.5) is 0 Å². The highest BCUT2D eigenvalue weighted by molar-refractivity contribution is 7.91. The topological polar surface area (TPSA) is 133 Å². The van der Waals surface area contributed by atoms with Crippen LogP contribution in [0.5, 0.6) is 0 Å². The molecule has 1 amide bonds. The molecule has 0 saturated heterocycles. The fourth-order valence-corrected chi connectivity index (χ4v) is 3.51. The van der Waals surface area contributed by atoms with Crippen LogP contribution >= 0.6 is 11.3 Å². The maximum atomic E-state index is 11.7. The number of hydrogen-bond acceptors (Lipinski definition) is 6. The lowest BCUT2D eigenvalue weighted by molar-refractivity contribution is -0.142. The van der Waals surface area contributed by atoms with E-state index >= 15 is 0 Å². The van der Waals surface area contributed by atoms with Crippen LogP contribution in [0.15, 0.2) is 21.7 Å². The summed E-state index contributed by atoms with van der Waals surface area (Å²) in [4.78, 5) is 22.3. The van der Waals surface area contributed by atoms with Crippen molar-refractivity contribution in [1.29, 1.82) is 0 Å². The minimum absolute atomic E-state index is 0.109. The summed E-state index contributed by atoms with van der Waals surface area (Å²) in [6, 6.07) is 1.85. The van der Waals surface area contributed by atoms with Crippen molar-refractivity contribution in [1.82, 2.24) is 10.0 Å². The molecule has 21 heavy (non-hydrogen) atoms. The Bertz CT molecular complexity index is 570. The molecule has 118 valence electrons. The summed E-state index contributed by atoms with van der Waals surface area (Å²) in [5.74, 6) is -1.86. The Balaban J connectivity index is 2.42. The molecule has 0 saturated carbocycles. The van der Waals surface area contributed by atoms with Gasteiger partial charge in [0.25, 0.3) is 0 Å². The number of aliphatic hydroxyl groups is 1. The predicted octanol–water partition coefficient (Wildman–Crippen LogP) is -0.632. The standard InChI is InChI=1S/C11H16N2O6S2/c14-6-4-8(11(16)17)13-9(15)3-5-12-21(18,19)10-2-1-7-20-10/h1-2,7-8,12,14H,3-6H2,(H,13,15)(H,16,17)/t8-/m1/s1. The van der Waals surface area contributed by atoms with E-state index in [1.165, 1.54) is 6.07 Å². The summed E-state index contributed by atoms with van der Waals surface area (Å²) < 4.78 is 25.9. The highest BCUT2D eigenvalue weighted by Crippen LogP contribution is 2.14. The molecule has 1 rings (SSSR count). The zero-order valence-electron chi connectivity index (χ0n) is 11.0. The number of carbonyl (C=O) groups is 2. The summed E-state index contributed by atoms with van der Waals surface area (Å²) in [7, 11) is -3.64. The van der Waals surface area contributed by atoms with E-state index in [2.05, 4.69) is 10.0 Å². The first-order chi connectivity index (χ1) is 9.86. The Morgan fingerprint density at radius 1 is 1.38 bits per heavy atom. The van der Waals surface area contributed by atoms with Crippen LogP contribution in [0.2, 0.25) is 0 Å². The summed E-state index contributed by atoms with van der Waals surface area (Å²) in [5, 5.41) is 21.3. The first-order valence-corrected chi connectivity index (χ1v) is 8.39. The third kappa shape index (κ3) is 5.79. The van der Waals surface area contributed by atoms with Crippen LogP contribution in [0.1, 0.15) is 12.8 Å². The second-order valence-electron chi connectivity index (χ2n) is 4.05. The summed E-state index contributed by atoms with van der Waals surface area (Å²) in [6.07, 6.45) is -0.304. The third-order valence-corrected chi connectivity index (χ3v) is 5.31. The largest absolute Gasteiger partial charge is 0.480 e. The molecule has 0 fully saturated rings. The van der Waals surface area contributed by atoms with Gasteiger partial charge in [-0.1, -0.05) is 6.07 Å². The third-order valence-electron chi connectivity index (χ3n) is 2.46. The van der Waals surface area contributed by atoms with Gasteiger partial charge in [-0.25, -0.2) is 17.9 Å². The quantitative estimate of drug-likeness (QED) is 0.474. The Hall–Kier alpha value is -1.49. The predicted molar refractivity (Wildman–Crippen MR) is 75.4 cm³/mol. The number of thiophene rings is 1. The number of carboxylic acids is 1. The molecule has 1 aromatic rings. The molecule has 0 spiro atoms. The minimum atomic E-state index is -3.64. The highest BCUT2D eigenvalue weighted by Gasteiger charge is 2.20. The van der Waals surface area contributed by atoms with E-state index in [1.807, 2.05) is 0 Å². The van der Waals surface area contributed by atoms with E-state index in [9.17, 15) is 18.0 Å². The first-order valence-electron chi connectivity index (χ1n) is 6.03. The number of sulfonamides is 1. The molecular weight excluding hydrogens is 320 g/mol. The number of rotatable bonds is 9. The van der Waals surface area contributed by atoms with E-state index in [-0.39, 0.29) is 30.2 Å². The maximum Gasteiger partial charge on any atom is 0.326 e. The van der Waals surface area contributed by atoms with Crippen molar-refractivity contribution in [2.24, 2.45) is 0 Å². The molecule has 0 aliphatic rings. The molecule has 1 aromatic heterocycles. The Morgan fingerprint density at radius 2 is 2.10 bits per heavy atom. The molecular formula is C11H16N2O6S2. The van der Waals surface area contributed by atoms with E-state index < -0.39 is 27.9 Å². The second kappa shape index (κ2) is 8.08. The van der Waals surface area contributed by atoms with Gasteiger partial charge in [-0.15, -0.1) is 11.3 Å². The average Bonchev–Trinajstić information content (AvgIpc) is 2.92. The van der Waals surface area contributed by atoms with Crippen LogP contribution in [-0.4, -0.2) is 49.7 Å². The van der Waals surface area contributed by atoms with Crippen LogP contribution in [-0.2, 0) is 19.6 Å². The van der Waals surface area contributed by atoms with Gasteiger partial charge < -0.3 is 15.5 Å². The molecule has 0 aromatic carbocycles. The van der Waals surface area contributed by atoms with Gasteiger partial charge in [0, 0.05) is 26.0 Å². The van der Waals surface area contributed by atoms with Gasteiger partial charge >= 0.3 is 5.97 Å². The molecule has 0 radical (unpaired) electrons. The van der Waals surface area contributed by atoms with Crippen molar-refractivity contribution < 1.29 is 28.2 Å². The molecule has 0 aliphatic heterocycles. The molecule has 0 unspecified atom stereocenters. The molecule has 8 nitrogen and oxygen atoms in total. The number of aliphatic carboxylic acids is 1. The zero-order valence-corrected chi connectivity index (χ0v) is 12.6. The average molecular weight is 336 g/mol. The molecule has 1 atom stereocenters. The zero-order chi connectivity index (χ0) is 15.9. The Morgan fingerprint density at radius 3 is 2.62 bits per heavy atom. The number of hydrogen-bond donors (Lipinski definition) is 4. The molecule has 1 heterocycles. The Kier molecular flexibility index (Phi) is 6.75. The normalized spacial score (nSPS) is 12.8. The molecule has 0 aliphatic carbocycles. The number of carbonyl (C=O) groups excluding carboxylic acids is 1. The van der Waals surface area contributed by atoms with Crippen LogP contribution < -0.4 is 10.0 Å². The van der Waals surface area contributed by atoms with E-state index in [0.717, 1.165) is 11.3 Å². The van der Waals surface area contributed by atoms with Gasteiger partial charge in [-0.3, -0.25) is 4.79 Å². The molecule has 10 heteroatoms. The summed E-state index contributed by atoms with van der Waals surface area (Å²) in [5.41, 5.74) is 0. The van der Waals surface area contributed by atoms with Crippen molar-refractivity contribution in [2.75, 3.05) is 13.2 Å². The summed E-state index contributed by atoms with van der Waals surface area (Å²) >= 11 is 1.05. The fourth-order valence-electron chi connectivity index (χ4n) is 1.44. The number of amides is 1. The van der Waals surface area contributed by atoms with E-state index in [4.69, 9.17) is 10.2 Å². The van der Waals surface area contributed by atoms with Gasteiger partial charge in [0.2, 0.25) is 15.9 Å². The lowest BCUT2D eigenvalue weighted by Gasteiger charge is -2.13. The van der Waals surface area contributed by atoms with Crippen LogP contribution in [0.3, 0.4) is 0 Å². The minimum Gasteiger partial charge on any atom is -0.480 e. The highest BCUT2D eigenvalue weighted by atomic mass is 32.2. The van der Waals surface area contributed by atoms with Crippen molar-refractivity contribution >= 4 is 33.2 Å². The lowest BCUT2D eigenvalue weighted by Crippen LogP contribution is -2.42. The fraction of sp³-hybridized carbons (Fsp3) is 0.455. The van der Waals surface area contributed by atoms with E-state index in [0.29, 0.717) is 0 Å². The number of aliphatic hydroxyl groups excluding tert-OH is 1. The van der Waals surface area contributed by atoms with Crippen LogP contribution in [0, 0.1) is 0 Å². The van der Waals surface area contributed by atoms with Gasteiger partial charge in [0.1, 0.15) is 10.3 Å². The Labute approximate surface area is 125 Å². The van der Waals surface area contributed by atoms with Crippen LogP contribution in [0.25, 0.3) is 0 Å². The van der Waals surface area contributed by atoms with Gasteiger partial charge in [-0.2, -0.15) is 0 Å². The summed E-state index contributed by atoms with van der Waals surface area (Å²) in [6.45, 7) is -0.514. The van der Waals surface area contributed by atoms with Gasteiger partial charge in [0.05, 0.1) is 0 Å². The maximum absolute atomic E-state index is 11.7. The first kappa shape index (κ1) is 17.6. The number of nitrogens with one attached hydrogen (secondary N) is 2. The van der Waals surface area contributed by atoms with Crippen molar-refractivity contribution in [2.45, 2.75) is 23.1 Å². The number of carboxylic acid groups (broad SMARTS) is 1. The van der Waals surface area contributed by atoms with Crippen molar-refractivity contribution in [3.8, 4) is 0 Å². The van der Waals surface area contributed by atoms with Gasteiger partial charge in [0.15, 0.2) is 0 Å². The smallest absolute Gasteiger partial charge is 0.326 e. The van der Waals surface area contributed by atoms with Gasteiger partial charge in [-0.05, 0) is 11.4 Å². The SMILES string of the molecule is O=C(CCNS(=O)(=O)c1cccs1)N[C@H](CCO)C(=O)O. The molecule has 4 N–H and O–H groups in total. The van der Waals surface area contributed by atoms with Crippen molar-refractivity contribution in [3.63, 3.8) is 0 Å². The second-order valence-corrected chi connectivity index (χ2v) is 6.99. The monoisotopic (exact) mass is 336 g/mol. The lowest BCUT2D eigenvalue weighted by atomic mass is 10.2.